The van der Waals surface area contributed by atoms with Gasteiger partial charge in [-0.2, -0.15) is 0 Å². The van der Waals surface area contributed by atoms with Gasteiger partial charge in [-0.1, -0.05) is 34.5 Å². The van der Waals surface area contributed by atoms with E-state index in [-0.39, 0.29) is 0 Å². The lowest BCUT2D eigenvalue weighted by atomic mass is 9.87. The van der Waals surface area contributed by atoms with Gasteiger partial charge in [0.1, 0.15) is 0 Å². The Hall–Kier alpha value is -0.0900. The minimum absolute atomic E-state index is 0.323. The van der Waals surface area contributed by atoms with E-state index in [0.29, 0.717) is 12.0 Å². The van der Waals surface area contributed by atoms with Crippen molar-refractivity contribution in [2.24, 2.45) is 5.92 Å². The predicted octanol–water partition coefficient (Wildman–Crippen LogP) is 4.18. The standard InChI is InChI=1S/C14H19BrClNO/c1-2-17-14(10-5-7-18-8-6-10)12-9-11(15)3-4-13(12)16/h3-4,9-10,14,17H,2,5-8H2,1H3. The monoisotopic (exact) mass is 331 g/mol. The Morgan fingerprint density at radius 3 is 2.83 bits per heavy atom. The van der Waals surface area contributed by atoms with Gasteiger partial charge in [-0.15, -0.1) is 0 Å². The van der Waals surface area contributed by atoms with E-state index in [2.05, 4.69) is 34.2 Å². The second-order valence-corrected chi connectivity index (χ2v) is 5.97. The number of halogens is 2. The van der Waals surface area contributed by atoms with Crippen molar-refractivity contribution in [3.05, 3.63) is 33.3 Å². The number of nitrogens with one attached hydrogen (secondary N) is 1. The molecule has 1 fully saturated rings. The van der Waals surface area contributed by atoms with Gasteiger partial charge in [0, 0.05) is 28.8 Å². The van der Waals surface area contributed by atoms with Crippen molar-refractivity contribution >= 4 is 27.5 Å². The third-order valence-electron chi connectivity index (χ3n) is 3.45. The van der Waals surface area contributed by atoms with E-state index in [1.54, 1.807) is 0 Å². The highest BCUT2D eigenvalue weighted by Gasteiger charge is 2.26. The number of ether oxygens (including phenoxy) is 1. The van der Waals surface area contributed by atoms with Crippen LogP contribution < -0.4 is 5.32 Å². The third-order valence-corrected chi connectivity index (χ3v) is 4.29. The number of rotatable bonds is 4. The molecule has 4 heteroatoms. The normalized spacial score (nSPS) is 18.8. The first-order valence-electron chi connectivity index (χ1n) is 6.48. The topological polar surface area (TPSA) is 21.3 Å². The Morgan fingerprint density at radius 2 is 2.17 bits per heavy atom. The van der Waals surface area contributed by atoms with Crippen LogP contribution in [0.4, 0.5) is 0 Å². The molecular weight excluding hydrogens is 314 g/mol. The zero-order chi connectivity index (χ0) is 13.0. The van der Waals surface area contributed by atoms with E-state index in [1.807, 2.05) is 12.1 Å². The van der Waals surface area contributed by atoms with Crippen LogP contribution in [0.25, 0.3) is 0 Å². The number of hydrogen-bond donors (Lipinski definition) is 1. The molecule has 0 saturated carbocycles. The van der Waals surface area contributed by atoms with E-state index in [1.165, 1.54) is 5.56 Å². The van der Waals surface area contributed by atoms with Crippen LogP contribution in [-0.2, 0) is 4.74 Å². The molecule has 1 saturated heterocycles. The Morgan fingerprint density at radius 1 is 1.44 bits per heavy atom. The van der Waals surface area contributed by atoms with Crippen LogP contribution in [-0.4, -0.2) is 19.8 Å². The van der Waals surface area contributed by atoms with Crippen LogP contribution in [0.15, 0.2) is 22.7 Å². The molecule has 1 atom stereocenters. The van der Waals surface area contributed by atoms with Gasteiger partial charge in [-0.05, 0) is 49.1 Å². The van der Waals surface area contributed by atoms with Crippen LogP contribution >= 0.6 is 27.5 Å². The average molecular weight is 333 g/mol. The summed E-state index contributed by atoms with van der Waals surface area (Å²) in [6, 6.07) is 6.40. The van der Waals surface area contributed by atoms with Gasteiger partial charge < -0.3 is 10.1 Å². The summed E-state index contributed by atoms with van der Waals surface area (Å²) in [6.45, 7) is 4.81. The largest absolute Gasteiger partial charge is 0.381 e. The quantitative estimate of drug-likeness (QED) is 0.893. The fourth-order valence-corrected chi connectivity index (χ4v) is 3.17. The molecule has 0 bridgehead atoms. The van der Waals surface area contributed by atoms with Crippen molar-refractivity contribution in [1.82, 2.24) is 5.32 Å². The molecule has 18 heavy (non-hydrogen) atoms. The number of hydrogen-bond acceptors (Lipinski definition) is 2. The maximum absolute atomic E-state index is 6.35. The molecule has 1 aromatic carbocycles. The highest BCUT2D eigenvalue weighted by atomic mass is 79.9. The van der Waals surface area contributed by atoms with Crippen LogP contribution in [0.1, 0.15) is 31.4 Å². The highest BCUT2D eigenvalue weighted by Crippen LogP contribution is 2.35. The van der Waals surface area contributed by atoms with Crippen molar-refractivity contribution < 1.29 is 4.74 Å². The highest BCUT2D eigenvalue weighted by molar-refractivity contribution is 9.10. The molecule has 1 unspecified atom stereocenters. The summed E-state index contributed by atoms with van der Waals surface area (Å²) >= 11 is 9.88. The molecule has 1 N–H and O–H groups in total. The maximum atomic E-state index is 6.35. The van der Waals surface area contributed by atoms with E-state index in [4.69, 9.17) is 16.3 Å². The second kappa shape index (κ2) is 6.90. The molecule has 1 heterocycles. The maximum Gasteiger partial charge on any atom is 0.0469 e. The minimum Gasteiger partial charge on any atom is -0.381 e. The van der Waals surface area contributed by atoms with Crippen LogP contribution in [0.5, 0.6) is 0 Å². The Bertz CT molecular complexity index is 393. The minimum atomic E-state index is 0.323. The molecule has 0 radical (unpaired) electrons. The van der Waals surface area contributed by atoms with Crippen LogP contribution in [0.2, 0.25) is 5.02 Å². The molecule has 0 aliphatic carbocycles. The van der Waals surface area contributed by atoms with Gasteiger partial charge in [-0.25, -0.2) is 0 Å². The summed E-state index contributed by atoms with van der Waals surface area (Å²) < 4.78 is 6.53. The summed E-state index contributed by atoms with van der Waals surface area (Å²) in [4.78, 5) is 0. The zero-order valence-electron chi connectivity index (χ0n) is 10.6. The Balaban J connectivity index is 2.24. The predicted molar refractivity (Wildman–Crippen MR) is 79.1 cm³/mol. The fraction of sp³-hybridized carbons (Fsp3) is 0.571. The van der Waals surface area contributed by atoms with Crippen molar-refractivity contribution in [3.63, 3.8) is 0 Å². The molecule has 0 amide bonds. The fourth-order valence-electron chi connectivity index (χ4n) is 2.55. The zero-order valence-corrected chi connectivity index (χ0v) is 12.9. The molecule has 100 valence electrons. The van der Waals surface area contributed by atoms with Gasteiger partial charge in [0.05, 0.1) is 0 Å². The lowest BCUT2D eigenvalue weighted by Gasteiger charge is -2.31. The molecule has 2 nitrogen and oxygen atoms in total. The molecule has 1 aliphatic rings. The van der Waals surface area contributed by atoms with Gasteiger partial charge in [-0.3, -0.25) is 0 Å². The van der Waals surface area contributed by atoms with Crippen LogP contribution in [0, 0.1) is 5.92 Å². The van der Waals surface area contributed by atoms with Crippen molar-refractivity contribution in [3.8, 4) is 0 Å². The lowest BCUT2D eigenvalue weighted by molar-refractivity contribution is 0.0538. The smallest absolute Gasteiger partial charge is 0.0469 e. The van der Waals surface area contributed by atoms with E-state index < -0.39 is 0 Å². The Labute approximate surface area is 122 Å². The molecule has 2 rings (SSSR count). The van der Waals surface area contributed by atoms with Gasteiger partial charge in [0.15, 0.2) is 0 Å². The van der Waals surface area contributed by atoms with Gasteiger partial charge in [0.25, 0.3) is 0 Å². The first-order chi connectivity index (χ1) is 8.72. The molecular formula is C14H19BrClNO. The van der Waals surface area contributed by atoms with Crippen molar-refractivity contribution in [2.45, 2.75) is 25.8 Å². The summed E-state index contributed by atoms with van der Waals surface area (Å²) in [5.74, 6) is 0.602. The molecule has 0 spiro atoms. The molecule has 0 aromatic heterocycles. The molecule has 1 aliphatic heterocycles. The summed E-state index contributed by atoms with van der Waals surface area (Å²) in [5.41, 5.74) is 1.19. The first kappa shape index (κ1) is 14.3. The number of benzene rings is 1. The third kappa shape index (κ3) is 3.47. The summed E-state index contributed by atoms with van der Waals surface area (Å²) in [6.07, 6.45) is 2.20. The summed E-state index contributed by atoms with van der Waals surface area (Å²) in [5, 5.41) is 4.42. The first-order valence-corrected chi connectivity index (χ1v) is 7.65. The lowest BCUT2D eigenvalue weighted by Crippen LogP contribution is -2.32. The molecule has 1 aromatic rings. The Kier molecular flexibility index (Phi) is 5.49. The SMILES string of the molecule is CCNC(c1cc(Br)ccc1Cl)C1CCOCC1. The van der Waals surface area contributed by atoms with Gasteiger partial charge in [0.2, 0.25) is 0 Å². The van der Waals surface area contributed by atoms with Crippen molar-refractivity contribution in [1.29, 1.82) is 0 Å². The van der Waals surface area contributed by atoms with E-state index in [9.17, 15) is 0 Å². The van der Waals surface area contributed by atoms with Crippen LogP contribution in [0.3, 0.4) is 0 Å². The van der Waals surface area contributed by atoms with Gasteiger partial charge >= 0.3 is 0 Å². The average Bonchev–Trinajstić information content (AvgIpc) is 2.40. The van der Waals surface area contributed by atoms with Crippen molar-refractivity contribution in [2.75, 3.05) is 19.8 Å². The summed E-state index contributed by atoms with van der Waals surface area (Å²) in [7, 11) is 0. The van der Waals surface area contributed by atoms with E-state index >= 15 is 0 Å². The second-order valence-electron chi connectivity index (χ2n) is 4.65. The van der Waals surface area contributed by atoms with E-state index in [0.717, 1.165) is 42.1 Å².